The monoisotopic (exact) mass is 607 g/mol. The SMILES string of the molecule is CC1CC=CC2=C1c1c(c3cccc(-c4ccccc4)c3n1-c1nc(C3=CC=CCC3)cc(-c3ccccc3)n1)-c1ccccc1O2. The molecule has 2 aromatic heterocycles. The predicted octanol–water partition coefficient (Wildman–Crippen LogP) is 10.9. The lowest BCUT2D eigenvalue weighted by Gasteiger charge is -2.23. The smallest absolute Gasteiger partial charge is 0.235 e. The van der Waals surface area contributed by atoms with Crippen molar-refractivity contribution in [3.05, 3.63) is 157 Å². The van der Waals surface area contributed by atoms with Crippen molar-refractivity contribution >= 4 is 22.0 Å². The minimum absolute atomic E-state index is 0.231. The van der Waals surface area contributed by atoms with E-state index < -0.39 is 0 Å². The van der Waals surface area contributed by atoms with Crippen LogP contribution in [0.2, 0.25) is 0 Å². The molecule has 1 aliphatic heterocycles. The molecule has 1 unspecified atom stereocenters. The number of fused-ring (bicyclic) bond motifs is 6. The summed E-state index contributed by atoms with van der Waals surface area (Å²) in [5.41, 5.74) is 12.1. The Bertz CT molecular complexity index is 2300. The molecule has 47 heavy (non-hydrogen) atoms. The highest BCUT2D eigenvalue weighted by atomic mass is 16.5. The molecule has 4 aromatic carbocycles. The first kappa shape index (κ1) is 27.6. The zero-order valence-electron chi connectivity index (χ0n) is 26.2. The molecular weight excluding hydrogens is 574 g/mol. The van der Waals surface area contributed by atoms with Crippen molar-refractivity contribution in [1.29, 1.82) is 0 Å². The van der Waals surface area contributed by atoms with E-state index >= 15 is 0 Å². The van der Waals surface area contributed by atoms with Gasteiger partial charge in [-0.1, -0.05) is 128 Å². The van der Waals surface area contributed by atoms with Gasteiger partial charge >= 0.3 is 0 Å². The summed E-state index contributed by atoms with van der Waals surface area (Å²) in [6, 6.07) is 38.4. The van der Waals surface area contributed by atoms with Crippen molar-refractivity contribution in [2.24, 2.45) is 5.92 Å². The van der Waals surface area contributed by atoms with Gasteiger partial charge in [0.1, 0.15) is 11.5 Å². The highest BCUT2D eigenvalue weighted by Crippen LogP contribution is 2.51. The van der Waals surface area contributed by atoms with Crippen LogP contribution in [0.15, 0.2) is 145 Å². The van der Waals surface area contributed by atoms with Crippen molar-refractivity contribution in [2.45, 2.75) is 26.2 Å². The van der Waals surface area contributed by atoms with Crippen LogP contribution < -0.4 is 4.74 Å². The molecule has 4 nitrogen and oxygen atoms in total. The maximum atomic E-state index is 6.76. The second kappa shape index (κ2) is 11.3. The molecule has 0 saturated carbocycles. The van der Waals surface area contributed by atoms with Crippen LogP contribution in [-0.2, 0) is 0 Å². The van der Waals surface area contributed by atoms with Crippen molar-refractivity contribution in [3.63, 3.8) is 0 Å². The number of benzene rings is 4. The summed E-state index contributed by atoms with van der Waals surface area (Å²) in [4.78, 5) is 10.8. The molecular formula is C43H33N3O. The standard InChI is InChI=1S/C43H33N3O/c1-28-15-13-26-38-39(28)42-40(33-22-11-12-25-37(33)47-38)34-24-14-23-32(29-16-5-2-6-17-29)41(34)46(42)43-44-35(30-18-7-3-8-19-30)27-36(45-43)31-20-9-4-10-21-31/h2-9,11-14,16-20,22-28H,10,15,21H2,1H3. The summed E-state index contributed by atoms with van der Waals surface area (Å²) in [6.45, 7) is 2.30. The quantitative estimate of drug-likeness (QED) is 0.200. The highest BCUT2D eigenvalue weighted by Gasteiger charge is 2.34. The summed E-state index contributed by atoms with van der Waals surface area (Å²) in [5, 5.41) is 1.16. The molecule has 0 bridgehead atoms. The van der Waals surface area contributed by atoms with E-state index in [1.165, 1.54) is 11.1 Å². The Labute approximate surface area is 274 Å². The highest BCUT2D eigenvalue weighted by molar-refractivity contribution is 6.10. The van der Waals surface area contributed by atoms with E-state index in [0.29, 0.717) is 5.95 Å². The van der Waals surface area contributed by atoms with Crippen LogP contribution in [0.3, 0.4) is 0 Å². The largest absolute Gasteiger partial charge is 0.456 e. The number of para-hydroxylation sites is 2. The Kier molecular flexibility index (Phi) is 6.60. The average Bonchev–Trinajstić information content (AvgIpc) is 3.39. The van der Waals surface area contributed by atoms with Crippen molar-refractivity contribution in [1.82, 2.24) is 14.5 Å². The number of nitrogens with zero attached hydrogens (tertiary/aromatic N) is 3. The van der Waals surface area contributed by atoms with Crippen LogP contribution in [0, 0.1) is 5.92 Å². The summed E-state index contributed by atoms with van der Waals surface area (Å²) in [6.07, 6.45) is 13.8. The summed E-state index contributed by atoms with van der Waals surface area (Å²) in [7, 11) is 0. The third kappa shape index (κ3) is 4.59. The number of ether oxygens (including phenoxy) is 1. The Morgan fingerprint density at radius 1 is 0.745 bits per heavy atom. The number of allylic oxidation sites excluding steroid dienone is 7. The molecule has 3 aliphatic rings. The van der Waals surface area contributed by atoms with Crippen LogP contribution in [0.1, 0.15) is 37.6 Å². The molecule has 4 heteroatoms. The van der Waals surface area contributed by atoms with E-state index in [1.54, 1.807) is 0 Å². The van der Waals surface area contributed by atoms with Crippen LogP contribution in [0.25, 0.3) is 61.5 Å². The van der Waals surface area contributed by atoms with Gasteiger partial charge in [-0.15, -0.1) is 0 Å². The Morgan fingerprint density at radius 3 is 2.30 bits per heavy atom. The Hall–Kier alpha value is -5.74. The first-order chi connectivity index (χ1) is 23.2. The molecule has 0 spiro atoms. The predicted molar refractivity (Wildman–Crippen MR) is 192 cm³/mol. The molecule has 0 fully saturated rings. The molecule has 0 N–H and O–H groups in total. The maximum absolute atomic E-state index is 6.76. The van der Waals surface area contributed by atoms with Gasteiger partial charge in [0.05, 0.1) is 22.6 Å². The molecule has 0 radical (unpaired) electrons. The van der Waals surface area contributed by atoms with Gasteiger partial charge in [-0.3, -0.25) is 4.57 Å². The fourth-order valence-corrected chi connectivity index (χ4v) is 7.34. The van der Waals surface area contributed by atoms with Crippen molar-refractivity contribution in [2.75, 3.05) is 0 Å². The molecule has 0 amide bonds. The molecule has 226 valence electrons. The maximum Gasteiger partial charge on any atom is 0.235 e. The van der Waals surface area contributed by atoms with Crippen molar-refractivity contribution in [3.8, 4) is 45.2 Å². The van der Waals surface area contributed by atoms with Crippen LogP contribution in [0.5, 0.6) is 5.75 Å². The zero-order valence-corrected chi connectivity index (χ0v) is 26.2. The minimum atomic E-state index is 0.231. The van der Waals surface area contributed by atoms with E-state index in [2.05, 4.69) is 151 Å². The molecule has 0 saturated heterocycles. The molecule has 9 rings (SSSR count). The first-order valence-corrected chi connectivity index (χ1v) is 16.5. The van der Waals surface area contributed by atoms with Gasteiger partial charge in [0.25, 0.3) is 0 Å². The third-order valence-corrected chi connectivity index (χ3v) is 9.55. The minimum Gasteiger partial charge on any atom is -0.456 e. The average molecular weight is 608 g/mol. The van der Waals surface area contributed by atoms with Crippen LogP contribution >= 0.6 is 0 Å². The van der Waals surface area contributed by atoms with Gasteiger partial charge < -0.3 is 4.74 Å². The number of aromatic nitrogens is 3. The molecule has 2 aliphatic carbocycles. The van der Waals surface area contributed by atoms with E-state index in [9.17, 15) is 0 Å². The molecule has 1 atom stereocenters. The molecule has 6 aromatic rings. The second-order valence-corrected chi connectivity index (χ2v) is 12.5. The van der Waals surface area contributed by atoms with Gasteiger partial charge in [-0.2, -0.15) is 0 Å². The van der Waals surface area contributed by atoms with E-state index in [-0.39, 0.29) is 5.92 Å². The Balaban J connectivity index is 1.47. The van der Waals surface area contributed by atoms with E-state index in [4.69, 9.17) is 14.7 Å². The Morgan fingerprint density at radius 2 is 1.49 bits per heavy atom. The molecule has 3 heterocycles. The second-order valence-electron chi connectivity index (χ2n) is 12.5. The van der Waals surface area contributed by atoms with E-state index in [0.717, 1.165) is 86.6 Å². The van der Waals surface area contributed by atoms with Crippen LogP contribution in [0.4, 0.5) is 0 Å². The van der Waals surface area contributed by atoms with Crippen molar-refractivity contribution < 1.29 is 4.74 Å². The summed E-state index contributed by atoms with van der Waals surface area (Å²) in [5.74, 6) is 2.65. The summed E-state index contributed by atoms with van der Waals surface area (Å²) < 4.78 is 9.11. The lowest BCUT2D eigenvalue weighted by Crippen LogP contribution is -2.14. The third-order valence-electron chi connectivity index (χ3n) is 9.55. The normalized spacial score (nSPS) is 16.6. The topological polar surface area (TPSA) is 39.9 Å². The zero-order chi connectivity index (χ0) is 31.3. The van der Waals surface area contributed by atoms with Gasteiger partial charge in [0, 0.05) is 33.2 Å². The number of hydrogen-bond acceptors (Lipinski definition) is 3. The number of hydrogen-bond donors (Lipinski definition) is 0. The fourth-order valence-electron chi connectivity index (χ4n) is 7.34. The fraction of sp³-hybridized carbons (Fsp3) is 0.116. The van der Waals surface area contributed by atoms with Gasteiger partial charge in [0.2, 0.25) is 5.95 Å². The summed E-state index contributed by atoms with van der Waals surface area (Å²) >= 11 is 0. The van der Waals surface area contributed by atoms with Gasteiger partial charge in [-0.25, -0.2) is 9.97 Å². The lowest BCUT2D eigenvalue weighted by molar-refractivity contribution is 0.440. The first-order valence-electron chi connectivity index (χ1n) is 16.5. The van der Waals surface area contributed by atoms with E-state index in [1.807, 2.05) is 0 Å². The number of rotatable bonds is 4. The van der Waals surface area contributed by atoms with Crippen LogP contribution in [-0.4, -0.2) is 14.5 Å². The van der Waals surface area contributed by atoms with Gasteiger partial charge in [-0.05, 0) is 54.5 Å². The lowest BCUT2D eigenvalue weighted by atomic mass is 9.87. The van der Waals surface area contributed by atoms with Gasteiger partial charge in [0.15, 0.2) is 0 Å².